The normalized spacial score (nSPS) is 11.9. The molecule has 0 aliphatic carbocycles. The molecule has 0 fully saturated rings. The minimum Gasteiger partial charge on any atom is -0.487 e. The first-order chi connectivity index (χ1) is 10.2. The van der Waals surface area contributed by atoms with Crippen molar-refractivity contribution in [3.05, 3.63) is 46.4 Å². The maximum absolute atomic E-state index is 12.1. The van der Waals surface area contributed by atoms with Crippen LogP contribution in [-0.4, -0.2) is 30.6 Å². The van der Waals surface area contributed by atoms with Gasteiger partial charge in [0.15, 0.2) is 0 Å². The summed E-state index contributed by atoms with van der Waals surface area (Å²) in [7, 11) is 1.61. The lowest BCUT2D eigenvalue weighted by molar-refractivity contribution is 0.0905. The van der Waals surface area contributed by atoms with Gasteiger partial charge in [-0.1, -0.05) is 6.07 Å². The van der Waals surface area contributed by atoms with E-state index in [1.54, 1.807) is 30.8 Å². The second-order valence-electron chi connectivity index (χ2n) is 4.63. The van der Waals surface area contributed by atoms with E-state index in [0.29, 0.717) is 24.5 Å². The molecule has 21 heavy (non-hydrogen) atoms. The van der Waals surface area contributed by atoms with Gasteiger partial charge in [0, 0.05) is 24.1 Å². The van der Waals surface area contributed by atoms with Crippen LogP contribution in [0.1, 0.15) is 23.0 Å². The van der Waals surface area contributed by atoms with Gasteiger partial charge >= 0.3 is 0 Å². The Labute approximate surface area is 127 Å². The minimum absolute atomic E-state index is 0.0397. The average Bonchev–Trinajstić information content (AvgIpc) is 2.99. The zero-order valence-corrected chi connectivity index (χ0v) is 12.9. The topological polar surface area (TPSA) is 60.5 Å². The second kappa shape index (κ2) is 7.75. The summed E-state index contributed by atoms with van der Waals surface area (Å²) in [4.78, 5) is 16.2. The number of nitrogens with zero attached hydrogens (tertiary/aromatic N) is 1. The molecule has 2 rings (SSSR count). The Morgan fingerprint density at radius 2 is 2.33 bits per heavy atom. The van der Waals surface area contributed by atoms with Gasteiger partial charge in [-0.25, -0.2) is 4.98 Å². The standard InChI is InChI=1S/C15H18N2O3S/c1-11(7-19-2)17-15(18)12-4-3-5-14(6-12)20-8-13-9-21-10-16-13/h3-6,9-11H,7-8H2,1-2H3,(H,17,18)/t11-/m1/s1. The van der Waals surface area contributed by atoms with E-state index in [1.807, 2.05) is 18.4 Å². The van der Waals surface area contributed by atoms with E-state index in [-0.39, 0.29) is 11.9 Å². The largest absolute Gasteiger partial charge is 0.487 e. The highest BCUT2D eigenvalue weighted by Crippen LogP contribution is 2.15. The highest BCUT2D eigenvalue weighted by Gasteiger charge is 2.10. The SMILES string of the molecule is COC[C@@H](C)NC(=O)c1cccc(OCc2cscn2)c1. The zero-order valence-electron chi connectivity index (χ0n) is 12.0. The first kappa shape index (κ1) is 15.5. The molecule has 1 atom stereocenters. The number of nitrogens with one attached hydrogen (secondary N) is 1. The van der Waals surface area contributed by atoms with Gasteiger partial charge in [-0.3, -0.25) is 4.79 Å². The molecule has 112 valence electrons. The Morgan fingerprint density at radius 3 is 3.05 bits per heavy atom. The molecule has 0 bridgehead atoms. The van der Waals surface area contributed by atoms with Crippen molar-refractivity contribution >= 4 is 17.2 Å². The third-order valence-electron chi connectivity index (χ3n) is 2.76. The van der Waals surface area contributed by atoms with Crippen LogP contribution in [0.15, 0.2) is 35.2 Å². The Hall–Kier alpha value is -1.92. The summed E-state index contributed by atoms with van der Waals surface area (Å²) in [5.74, 6) is 0.508. The summed E-state index contributed by atoms with van der Waals surface area (Å²) in [6.07, 6.45) is 0. The highest BCUT2D eigenvalue weighted by molar-refractivity contribution is 7.07. The Morgan fingerprint density at radius 1 is 1.48 bits per heavy atom. The van der Waals surface area contributed by atoms with Crippen LogP contribution < -0.4 is 10.1 Å². The highest BCUT2D eigenvalue weighted by atomic mass is 32.1. The second-order valence-corrected chi connectivity index (χ2v) is 5.34. The lowest BCUT2D eigenvalue weighted by Crippen LogP contribution is -2.35. The van der Waals surface area contributed by atoms with E-state index in [0.717, 1.165) is 5.69 Å². The van der Waals surface area contributed by atoms with Crippen LogP contribution in [0.2, 0.25) is 0 Å². The van der Waals surface area contributed by atoms with Crippen LogP contribution in [0.5, 0.6) is 5.75 Å². The van der Waals surface area contributed by atoms with E-state index in [2.05, 4.69) is 10.3 Å². The fourth-order valence-electron chi connectivity index (χ4n) is 1.79. The van der Waals surface area contributed by atoms with Gasteiger partial charge in [0.25, 0.3) is 5.91 Å². The van der Waals surface area contributed by atoms with Crippen LogP contribution in [0.25, 0.3) is 0 Å². The molecule has 1 amide bonds. The summed E-state index contributed by atoms with van der Waals surface area (Å²) < 4.78 is 10.6. The number of methoxy groups -OCH3 is 1. The summed E-state index contributed by atoms with van der Waals surface area (Å²) in [6, 6.07) is 7.06. The average molecular weight is 306 g/mol. The van der Waals surface area contributed by atoms with Crippen molar-refractivity contribution in [3.63, 3.8) is 0 Å². The predicted molar refractivity (Wildman–Crippen MR) is 81.7 cm³/mol. The number of carbonyl (C=O) groups excluding carboxylic acids is 1. The summed E-state index contributed by atoms with van der Waals surface area (Å²) in [5.41, 5.74) is 3.21. The first-order valence-corrected chi connectivity index (χ1v) is 7.53. The number of hydrogen-bond donors (Lipinski definition) is 1. The molecule has 0 radical (unpaired) electrons. The molecule has 0 aliphatic heterocycles. The van der Waals surface area contributed by atoms with Crippen LogP contribution in [-0.2, 0) is 11.3 Å². The fourth-order valence-corrected chi connectivity index (χ4v) is 2.34. The molecule has 5 nitrogen and oxygen atoms in total. The number of rotatable bonds is 7. The number of thiazole rings is 1. The Bertz CT molecular complexity index is 572. The Kier molecular flexibility index (Phi) is 5.71. The van der Waals surface area contributed by atoms with Crippen LogP contribution in [0, 0.1) is 0 Å². The van der Waals surface area contributed by atoms with E-state index in [4.69, 9.17) is 9.47 Å². The van der Waals surface area contributed by atoms with Crippen molar-refractivity contribution in [2.24, 2.45) is 0 Å². The number of benzene rings is 1. The molecule has 1 aromatic carbocycles. The molecular weight excluding hydrogens is 288 g/mol. The van der Waals surface area contributed by atoms with Gasteiger partial charge in [0.1, 0.15) is 12.4 Å². The van der Waals surface area contributed by atoms with E-state index < -0.39 is 0 Å². The van der Waals surface area contributed by atoms with Gasteiger partial charge in [0.2, 0.25) is 0 Å². The lowest BCUT2D eigenvalue weighted by Gasteiger charge is -2.13. The molecule has 0 spiro atoms. The number of amides is 1. The molecule has 0 aliphatic rings. The summed E-state index contributed by atoms with van der Waals surface area (Å²) in [6.45, 7) is 2.77. The van der Waals surface area contributed by atoms with Gasteiger partial charge in [-0.15, -0.1) is 11.3 Å². The number of aromatic nitrogens is 1. The Balaban J connectivity index is 1.95. The van der Waals surface area contributed by atoms with Crippen molar-refractivity contribution in [1.29, 1.82) is 0 Å². The number of carbonyl (C=O) groups is 1. The lowest BCUT2D eigenvalue weighted by atomic mass is 10.2. The fraction of sp³-hybridized carbons (Fsp3) is 0.333. The first-order valence-electron chi connectivity index (χ1n) is 6.58. The zero-order chi connectivity index (χ0) is 15.1. The summed E-state index contributed by atoms with van der Waals surface area (Å²) in [5, 5.41) is 4.80. The maximum atomic E-state index is 12.1. The van der Waals surface area contributed by atoms with Crippen LogP contribution >= 0.6 is 11.3 Å². The van der Waals surface area contributed by atoms with Crippen molar-refractivity contribution < 1.29 is 14.3 Å². The van der Waals surface area contributed by atoms with Gasteiger partial charge < -0.3 is 14.8 Å². The quantitative estimate of drug-likeness (QED) is 0.854. The molecule has 0 unspecified atom stereocenters. The molecule has 1 aromatic heterocycles. The maximum Gasteiger partial charge on any atom is 0.251 e. The van der Waals surface area contributed by atoms with E-state index >= 15 is 0 Å². The molecule has 6 heteroatoms. The molecule has 1 heterocycles. The monoisotopic (exact) mass is 306 g/mol. The molecule has 1 N–H and O–H groups in total. The molecule has 0 saturated heterocycles. The van der Waals surface area contributed by atoms with Crippen LogP contribution in [0.3, 0.4) is 0 Å². The van der Waals surface area contributed by atoms with Gasteiger partial charge in [-0.05, 0) is 25.1 Å². The van der Waals surface area contributed by atoms with Crippen molar-refractivity contribution in [2.75, 3.05) is 13.7 Å². The molecule has 2 aromatic rings. The predicted octanol–water partition coefficient (Wildman–Crippen LogP) is 2.49. The van der Waals surface area contributed by atoms with E-state index in [1.165, 1.54) is 11.3 Å². The number of hydrogen-bond acceptors (Lipinski definition) is 5. The summed E-state index contributed by atoms with van der Waals surface area (Å²) >= 11 is 1.53. The molecule has 0 saturated carbocycles. The third kappa shape index (κ3) is 4.84. The van der Waals surface area contributed by atoms with E-state index in [9.17, 15) is 4.79 Å². The smallest absolute Gasteiger partial charge is 0.251 e. The molecular formula is C15H18N2O3S. The minimum atomic E-state index is -0.140. The van der Waals surface area contributed by atoms with Gasteiger partial charge in [-0.2, -0.15) is 0 Å². The van der Waals surface area contributed by atoms with Crippen molar-refractivity contribution in [3.8, 4) is 5.75 Å². The van der Waals surface area contributed by atoms with Crippen LogP contribution in [0.4, 0.5) is 0 Å². The van der Waals surface area contributed by atoms with Crippen molar-refractivity contribution in [2.45, 2.75) is 19.6 Å². The van der Waals surface area contributed by atoms with Crippen molar-refractivity contribution in [1.82, 2.24) is 10.3 Å². The van der Waals surface area contributed by atoms with Gasteiger partial charge in [0.05, 0.1) is 17.8 Å². The third-order valence-corrected chi connectivity index (χ3v) is 3.40. The number of ether oxygens (including phenoxy) is 2.